The zero-order chi connectivity index (χ0) is 42.6. The van der Waals surface area contributed by atoms with E-state index in [1.165, 1.54) is 257 Å². The van der Waals surface area contributed by atoms with E-state index in [0.717, 1.165) is 32.3 Å². The Kier molecular flexibility index (Phi) is 52.1. The van der Waals surface area contributed by atoms with Crippen LogP contribution in [0, 0.1) is 0 Å². The van der Waals surface area contributed by atoms with E-state index >= 15 is 0 Å². The molecule has 0 aliphatic heterocycles. The van der Waals surface area contributed by atoms with E-state index < -0.39 is 0 Å². The third-order valence-corrected chi connectivity index (χ3v) is 12.5. The number of hydrogen-bond donors (Lipinski definition) is 0. The van der Waals surface area contributed by atoms with Crippen molar-refractivity contribution in [3.8, 4) is 0 Å². The third-order valence-electron chi connectivity index (χ3n) is 12.5. The van der Waals surface area contributed by atoms with E-state index in [1.54, 1.807) is 0 Å². The first-order chi connectivity index (χ1) is 29.2. The molecule has 1 unspecified atom stereocenters. The highest BCUT2D eigenvalue weighted by Gasteiger charge is 2.12. The Balaban J connectivity index is 4.07. The number of rotatable bonds is 51. The topological polar surface area (TPSA) is 35.5 Å². The van der Waals surface area contributed by atoms with Gasteiger partial charge in [-0.15, -0.1) is 0 Å². The van der Waals surface area contributed by atoms with Crippen LogP contribution in [0.25, 0.3) is 0 Å². The average molecular weight is 829 g/mol. The van der Waals surface area contributed by atoms with E-state index in [0.29, 0.717) is 19.1 Å². The Morgan fingerprint density at radius 2 is 0.627 bits per heavy atom. The first-order valence-corrected chi connectivity index (χ1v) is 27.3. The molecule has 3 heteroatoms. The summed E-state index contributed by atoms with van der Waals surface area (Å²) in [4.78, 5) is 12.5. The standard InChI is InChI=1S/C56H108O3/c1-4-7-10-13-16-19-22-25-27-29-32-35-38-41-44-47-53-58-55(50-46-43-40-37-34-31-24-21-18-15-12-9-6-3)51-49-52-56(57)59-54-48-45-42-39-36-33-30-28-26-23-20-17-14-11-8-5-2/h25-28,55H,4-24,29-54H2,1-3H3/b27-25-,28-26-. The SMILES string of the molecule is CCCCCCCC/C=C\CCCCCCCCOC(=O)CCCC(CCCCCCCCCCCCCCC)OCCCCCCCC/C=C\CCCCCCCC. The molecule has 0 aromatic rings. The molecule has 0 heterocycles. The van der Waals surface area contributed by atoms with E-state index in [-0.39, 0.29) is 5.97 Å². The molecule has 0 aromatic carbocycles. The van der Waals surface area contributed by atoms with E-state index in [9.17, 15) is 4.79 Å². The van der Waals surface area contributed by atoms with Crippen LogP contribution in [-0.2, 0) is 14.3 Å². The van der Waals surface area contributed by atoms with Gasteiger partial charge in [0.15, 0.2) is 0 Å². The quantitative estimate of drug-likeness (QED) is 0.0348. The van der Waals surface area contributed by atoms with Crippen LogP contribution in [0.15, 0.2) is 24.3 Å². The molecule has 350 valence electrons. The van der Waals surface area contributed by atoms with Crippen molar-refractivity contribution < 1.29 is 14.3 Å². The molecule has 0 rings (SSSR count). The van der Waals surface area contributed by atoms with Gasteiger partial charge in [-0.3, -0.25) is 4.79 Å². The van der Waals surface area contributed by atoms with Crippen LogP contribution in [0.3, 0.4) is 0 Å². The lowest BCUT2D eigenvalue weighted by atomic mass is 10.0. The molecule has 3 nitrogen and oxygen atoms in total. The van der Waals surface area contributed by atoms with Crippen LogP contribution >= 0.6 is 0 Å². The van der Waals surface area contributed by atoms with Crippen molar-refractivity contribution in [2.75, 3.05) is 13.2 Å². The monoisotopic (exact) mass is 829 g/mol. The van der Waals surface area contributed by atoms with Gasteiger partial charge in [0.05, 0.1) is 12.7 Å². The van der Waals surface area contributed by atoms with Crippen LogP contribution in [-0.4, -0.2) is 25.3 Å². The first-order valence-electron chi connectivity index (χ1n) is 27.3. The number of ether oxygens (including phenoxy) is 2. The lowest BCUT2D eigenvalue weighted by Gasteiger charge is -2.18. The second-order valence-electron chi connectivity index (χ2n) is 18.5. The largest absolute Gasteiger partial charge is 0.466 e. The number of allylic oxidation sites excluding steroid dienone is 4. The fourth-order valence-electron chi connectivity index (χ4n) is 8.38. The predicted molar refractivity (Wildman–Crippen MR) is 264 cm³/mol. The van der Waals surface area contributed by atoms with Gasteiger partial charge >= 0.3 is 5.97 Å². The third kappa shape index (κ3) is 51.2. The zero-order valence-corrected chi connectivity index (χ0v) is 40.8. The van der Waals surface area contributed by atoms with Gasteiger partial charge in [0.1, 0.15) is 0 Å². The minimum absolute atomic E-state index is 0.00856. The maximum Gasteiger partial charge on any atom is 0.305 e. The Morgan fingerprint density at radius 1 is 0.339 bits per heavy atom. The van der Waals surface area contributed by atoms with Crippen molar-refractivity contribution in [2.45, 2.75) is 316 Å². The molecule has 0 aliphatic carbocycles. The number of hydrogen-bond acceptors (Lipinski definition) is 3. The van der Waals surface area contributed by atoms with Crippen LogP contribution in [0.5, 0.6) is 0 Å². The predicted octanol–water partition coefficient (Wildman–Crippen LogP) is 19.6. The Hall–Kier alpha value is -1.09. The second kappa shape index (κ2) is 53.0. The summed E-state index contributed by atoms with van der Waals surface area (Å²) >= 11 is 0. The molecule has 59 heavy (non-hydrogen) atoms. The minimum atomic E-state index is -0.00856. The summed E-state index contributed by atoms with van der Waals surface area (Å²) in [7, 11) is 0. The highest BCUT2D eigenvalue weighted by molar-refractivity contribution is 5.69. The normalized spacial score (nSPS) is 12.4. The molecule has 0 bridgehead atoms. The van der Waals surface area contributed by atoms with Crippen LogP contribution < -0.4 is 0 Å². The van der Waals surface area contributed by atoms with Crippen LogP contribution in [0.1, 0.15) is 310 Å². The molecule has 0 aromatic heterocycles. The van der Waals surface area contributed by atoms with Gasteiger partial charge in [0.2, 0.25) is 0 Å². The van der Waals surface area contributed by atoms with Gasteiger partial charge in [-0.05, 0) is 83.5 Å². The molecule has 1 atom stereocenters. The molecular formula is C56H108O3. The first kappa shape index (κ1) is 57.9. The minimum Gasteiger partial charge on any atom is -0.466 e. The molecule has 0 amide bonds. The van der Waals surface area contributed by atoms with Gasteiger partial charge in [0.25, 0.3) is 0 Å². The van der Waals surface area contributed by atoms with Gasteiger partial charge < -0.3 is 9.47 Å². The molecule has 0 radical (unpaired) electrons. The molecule has 0 spiro atoms. The molecule has 0 saturated heterocycles. The van der Waals surface area contributed by atoms with Crippen molar-refractivity contribution in [2.24, 2.45) is 0 Å². The second-order valence-corrected chi connectivity index (χ2v) is 18.5. The summed E-state index contributed by atoms with van der Waals surface area (Å²) in [5.41, 5.74) is 0. The van der Waals surface area contributed by atoms with Crippen LogP contribution in [0.2, 0.25) is 0 Å². The van der Waals surface area contributed by atoms with Gasteiger partial charge in [-0.2, -0.15) is 0 Å². The fourth-order valence-corrected chi connectivity index (χ4v) is 8.38. The summed E-state index contributed by atoms with van der Waals surface area (Å²) in [6.07, 6.45) is 68.5. The van der Waals surface area contributed by atoms with Crippen molar-refractivity contribution in [1.29, 1.82) is 0 Å². The van der Waals surface area contributed by atoms with E-state index in [1.807, 2.05) is 0 Å². The molecular weight excluding hydrogens is 721 g/mol. The molecule has 0 aliphatic rings. The Morgan fingerprint density at radius 3 is 1.00 bits per heavy atom. The van der Waals surface area contributed by atoms with Crippen molar-refractivity contribution >= 4 is 5.97 Å². The Labute approximate surface area is 372 Å². The van der Waals surface area contributed by atoms with Crippen molar-refractivity contribution in [1.82, 2.24) is 0 Å². The number of carbonyl (C=O) groups is 1. The smallest absolute Gasteiger partial charge is 0.305 e. The van der Waals surface area contributed by atoms with Gasteiger partial charge in [-0.1, -0.05) is 244 Å². The summed E-state index contributed by atoms with van der Waals surface area (Å²) in [5, 5.41) is 0. The average Bonchev–Trinajstić information content (AvgIpc) is 3.24. The molecule has 0 N–H and O–H groups in total. The summed E-state index contributed by atoms with van der Waals surface area (Å²) in [6, 6.07) is 0. The number of unbranched alkanes of at least 4 members (excludes halogenated alkanes) is 36. The summed E-state index contributed by atoms with van der Waals surface area (Å²) in [6.45, 7) is 8.35. The summed E-state index contributed by atoms with van der Waals surface area (Å²) < 4.78 is 12.1. The van der Waals surface area contributed by atoms with E-state index in [4.69, 9.17) is 9.47 Å². The van der Waals surface area contributed by atoms with E-state index in [2.05, 4.69) is 45.1 Å². The van der Waals surface area contributed by atoms with Crippen LogP contribution in [0.4, 0.5) is 0 Å². The lowest BCUT2D eigenvalue weighted by Crippen LogP contribution is -2.15. The van der Waals surface area contributed by atoms with Gasteiger partial charge in [-0.25, -0.2) is 0 Å². The number of carbonyl (C=O) groups excluding carboxylic acids is 1. The number of esters is 1. The van der Waals surface area contributed by atoms with Crippen molar-refractivity contribution in [3.63, 3.8) is 0 Å². The van der Waals surface area contributed by atoms with Crippen molar-refractivity contribution in [3.05, 3.63) is 24.3 Å². The zero-order valence-electron chi connectivity index (χ0n) is 40.8. The molecule has 0 saturated carbocycles. The molecule has 0 fully saturated rings. The lowest BCUT2D eigenvalue weighted by molar-refractivity contribution is -0.144. The maximum atomic E-state index is 12.5. The highest BCUT2D eigenvalue weighted by atomic mass is 16.5. The Bertz CT molecular complexity index is 833. The fraction of sp³-hybridized carbons (Fsp3) is 0.911. The highest BCUT2D eigenvalue weighted by Crippen LogP contribution is 2.18. The maximum absolute atomic E-state index is 12.5. The summed E-state index contributed by atoms with van der Waals surface area (Å²) in [5.74, 6) is -0.00856. The van der Waals surface area contributed by atoms with Gasteiger partial charge in [0, 0.05) is 13.0 Å².